The summed E-state index contributed by atoms with van der Waals surface area (Å²) in [6.45, 7) is 2.01. The second-order valence-electron chi connectivity index (χ2n) is 8.57. The molecule has 35 heavy (non-hydrogen) atoms. The van der Waals surface area contributed by atoms with Crippen molar-refractivity contribution in [3.8, 4) is 5.75 Å². The molecule has 4 aromatic rings. The first-order chi connectivity index (χ1) is 17.0. The standard InChI is InChI=1S/C25H22N4O5S/c1-2-33-24(32)23-22-13(11-26-23)20(21-15(27-22)4-3-5-17(21)31)18-8-9-19(34-18)35-25-28-14-7-6-12(30)10-16(14)29-25/h6-11,20-21,26,30H,2-5H2,1H3,(H,28,29). The zero-order valence-electron chi connectivity index (χ0n) is 18.8. The highest BCUT2D eigenvalue weighted by atomic mass is 32.2. The molecule has 1 saturated carbocycles. The van der Waals surface area contributed by atoms with E-state index in [4.69, 9.17) is 14.1 Å². The van der Waals surface area contributed by atoms with Gasteiger partial charge in [0.15, 0.2) is 15.9 Å². The number of fused-ring (bicyclic) bond motifs is 3. The van der Waals surface area contributed by atoms with E-state index in [0.717, 1.165) is 28.7 Å². The molecule has 4 heterocycles. The Kier molecular flexibility index (Phi) is 5.25. The number of carbonyl (C=O) groups excluding carboxylic acids is 2. The van der Waals surface area contributed by atoms with Crippen molar-refractivity contribution in [3.05, 3.63) is 53.5 Å². The normalized spacial score (nSPS) is 19.3. The maximum atomic E-state index is 13.0. The van der Waals surface area contributed by atoms with Crippen LogP contribution in [0.2, 0.25) is 0 Å². The number of nitrogens with one attached hydrogen (secondary N) is 2. The number of aromatic hydroxyl groups is 1. The quantitative estimate of drug-likeness (QED) is 0.331. The highest BCUT2D eigenvalue weighted by molar-refractivity contribution is 7.99. The molecule has 1 aliphatic carbocycles. The van der Waals surface area contributed by atoms with Crippen molar-refractivity contribution in [2.75, 3.05) is 6.61 Å². The molecule has 10 heteroatoms. The van der Waals surface area contributed by atoms with E-state index in [2.05, 4.69) is 15.0 Å². The lowest BCUT2D eigenvalue weighted by molar-refractivity contribution is -0.122. The lowest BCUT2D eigenvalue weighted by Gasteiger charge is -2.32. The summed E-state index contributed by atoms with van der Waals surface area (Å²) in [6.07, 6.45) is 3.68. The van der Waals surface area contributed by atoms with Crippen LogP contribution in [0, 0.1) is 5.92 Å². The minimum Gasteiger partial charge on any atom is -0.508 e. The molecule has 0 saturated heterocycles. The predicted octanol–water partition coefficient (Wildman–Crippen LogP) is 5.10. The van der Waals surface area contributed by atoms with E-state index in [1.54, 1.807) is 31.3 Å². The molecule has 0 spiro atoms. The zero-order chi connectivity index (χ0) is 24.1. The average molecular weight is 491 g/mol. The maximum Gasteiger partial charge on any atom is 0.357 e. The maximum absolute atomic E-state index is 13.0. The molecule has 6 rings (SSSR count). The molecular weight excluding hydrogens is 468 g/mol. The van der Waals surface area contributed by atoms with Crippen LogP contribution in [-0.2, 0) is 9.53 Å². The van der Waals surface area contributed by atoms with E-state index in [9.17, 15) is 14.7 Å². The number of H-pyrrole nitrogens is 2. The first kappa shape index (κ1) is 21.7. The summed E-state index contributed by atoms with van der Waals surface area (Å²) in [5.74, 6) is -0.345. The molecule has 2 aliphatic rings. The average Bonchev–Trinajstić information content (AvgIpc) is 3.56. The van der Waals surface area contributed by atoms with Crippen molar-refractivity contribution in [2.45, 2.75) is 42.4 Å². The van der Waals surface area contributed by atoms with Crippen LogP contribution in [0.5, 0.6) is 5.75 Å². The molecule has 0 amide bonds. The number of hydrogen-bond acceptors (Lipinski definition) is 8. The van der Waals surface area contributed by atoms with E-state index in [1.807, 2.05) is 12.1 Å². The Morgan fingerprint density at radius 1 is 1.26 bits per heavy atom. The Balaban J connectivity index is 1.37. The highest BCUT2D eigenvalue weighted by Gasteiger charge is 2.44. The number of aromatic amines is 2. The topological polar surface area (TPSA) is 134 Å². The zero-order valence-corrected chi connectivity index (χ0v) is 19.6. The number of hydrogen-bond donors (Lipinski definition) is 3. The number of ether oxygens (including phenoxy) is 1. The first-order valence-electron chi connectivity index (χ1n) is 11.5. The molecule has 2 unspecified atom stereocenters. The fourth-order valence-corrected chi connectivity index (χ4v) is 5.68. The molecule has 9 nitrogen and oxygen atoms in total. The van der Waals surface area contributed by atoms with Crippen LogP contribution in [0.25, 0.3) is 11.0 Å². The SMILES string of the molecule is CCOC(=O)c1[nH]cc2c1N=C1CCCC(=O)C1C2c1ccc(Sc2nc3ccc(O)cc3[nH]2)o1. The third kappa shape index (κ3) is 3.74. The Morgan fingerprint density at radius 2 is 2.14 bits per heavy atom. The number of esters is 1. The van der Waals surface area contributed by atoms with Crippen molar-refractivity contribution in [1.29, 1.82) is 0 Å². The summed E-state index contributed by atoms with van der Waals surface area (Å²) < 4.78 is 11.4. The fraction of sp³-hybridized carbons (Fsp3) is 0.280. The summed E-state index contributed by atoms with van der Waals surface area (Å²) in [7, 11) is 0. The van der Waals surface area contributed by atoms with Gasteiger partial charge in [0.25, 0.3) is 0 Å². The van der Waals surface area contributed by atoms with Crippen LogP contribution in [0.15, 0.2) is 56.2 Å². The molecule has 2 atom stereocenters. The number of ketones is 1. The Hall–Kier alpha value is -3.79. The number of furan rings is 1. The highest BCUT2D eigenvalue weighted by Crippen LogP contribution is 2.48. The van der Waals surface area contributed by atoms with Gasteiger partial charge >= 0.3 is 5.97 Å². The molecule has 0 bridgehead atoms. The third-order valence-corrected chi connectivity index (χ3v) is 7.20. The number of phenolic OH excluding ortho intramolecular Hbond substituents is 1. The predicted molar refractivity (Wildman–Crippen MR) is 129 cm³/mol. The van der Waals surface area contributed by atoms with Gasteiger partial charge in [0, 0.05) is 30.0 Å². The van der Waals surface area contributed by atoms with Crippen LogP contribution in [0.3, 0.4) is 0 Å². The number of imidazole rings is 1. The second kappa shape index (κ2) is 8.46. The largest absolute Gasteiger partial charge is 0.508 e. The minimum atomic E-state index is -0.468. The van der Waals surface area contributed by atoms with Crippen molar-refractivity contribution in [3.63, 3.8) is 0 Å². The molecule has 3 N–H and O–H groups in total. The Labute approximate surface area is 204 Å². The van der Waals surface area contributed by atoms with E-state index < -0.39 is 11.9 Å². The summed E-state index contributed by atoms with van der Waals surface area (Å²) >= 11 is 1.32. The van der Waals surface area contributed by atoms with Gasteiger partial charge in [-0.05, 0) is 55.8 Å². The lowest BCUT2D eigenvalue weighted by atomic mass is 9.72. The smallest absolute Gasteiger partial charge is 0.357 e. The van der Waals surface area contributed by atoms with Gasteiger partial charge in [0.1, 0.15) is 17.3 Å². The van der Waals surface area contributed by atoms with E-state index in [1.165, 1.54) is 11.8 Å². The molecule has 3 aromatic heterocycles. The van der Waals surface area contributed by atoms with Gasteiger partial charge in [-0.25, -0.2) is 9.78 Å². The number of Topliss-reactive ketones (excluding diaryl/α,β-unsaturated/α-hetero) is 1. The van der Waals surface area contributed by atoms with Crippen LogP contribution in [-0.4, -0.2) is 44.1 Å². The third-order valence-electron chi connectivity index (χ3n) is 6.40. The van der Waals surface area contributed by atoms with Gasteiger partial charge in [0.2, 0.25) is 0 Å². The number of benzene rings is 1. The van der Waals surface area contributed by atoms with Gasteiger partial charge in [-0.2, -0.15) is 0 Å². The van der Waals surface area contributed by atoms with Crippen molar-refractivity contribution < 1.29 is 23.8 Å². The van der Waals surface area contributed by atoms with E-state index >= 15 is 0 Å². The number of nitrogens with zero attached hydrogens (tertiary/aromatic N) is 2. The van der Waals surface area contributed by atoms with E-state index in [-0.39, 0.29) is 24.1 Å². The second-order valence-corrected chi connectivity index (χ2v) is 9.56. The lowest BCUT2D eigenvalue weighted by Crippen LogP contribution is -2.36. The molecular formula is C25H22N4O5S. The Morgan fingerprint density at radius 3 is 3.00 bits per heavy atom. The minimum absolute atomic E-state index is 0.132. The monoisotopic (exact) mass is 490 g/mol. The number of aliphatic imine (C=N–C) groups is 1. The van der Waals surface area contributed by atoms with Crippen molar-refractivity contribution in [2.24, 2.45) is 10.9 Å². The van der Waals surface area contributed by atoms with Crippen LogP contribution < -0.4 is 0 Å². The van der Waals surface area contributed by atoms with Crippen molar-refractivity contribution >= 4 is 45.9 Å². The summed E-state index contributed by atoms with van der Waals surface area (Å²) in [5, 5.41) is 10.9. The molecule has 0 radical (unpaired) electrons. The molecule has 1 aromatic carbocycles. The van der Waals surface area contributed by atoms with Gasteiger partial charge in [-0.1, -0.05) is 0 Å². The van der Waals surface area contributed by atoms with Crippen LogP contribution in [0.4, 0.5) is 5.69 Å². The first-order valence-corrected chi connectivity index (χ1v) is 12.3. The number of aromatic nitrogens is 3. The molecule has 1 fully saturated rings. The Bertz CT molecular complexity index is 1500. The van der Waals surface area contributed by atoms with Crippen LogP contribution in [0.1, 0.15) is 53.9 Å². The van der Waals surface area contributed by atoms with Crippen molar-refractivity contribution in [1.82, 2.24) is 15.0 Å². The number of phenols is 1. The van der Waals surface area contributed by atoms with Gasteiger partial charge in [-0.15, -0.1) is 0 Å². The molecule has 178 valence electrons. The van der Waals surface area contributed by atoms with Crippen LogP contribution >= 0.6 is 11.8 Å². The summed E-state index contributed by atoms with van der Waals surface area (Å²) in [5.41, 5.74) is 3.82. The molecule has 1 aliphatic heterocycles. The van der Waals surface area contributed by atoms with Gasteiger partial charge < -0.3 is 24.2 Å². The number of rotatable bonds is 5. The van der Waals surface area contributed by atoms with Gasteiger partial charge in [-0.3, -0.25) is 9.79 Å². The summed E-state index contributed by atoms with van der Waals surface area (Å²) in [6, 6.07) is 8.66. The fourth-order valence-electron chi connectivity index (χ4n) is 4.91. The van der Waals surface area contributed by atoms with E-state index in [0.29, 0.717) is 40.2 Å². The van der Waals surface area contributed by atoms with Gasteiger partial charge in [0.05, 0.1) is 35.2 Å². The number of carbonyl (C=O) groups is 2. The summed E-state index contributed by atoms with van der Waals surface area (Å²) in [4.78, 5) is 41.0.